The lowest BCUT2D eigenvalue weighted by atomic mass is 9.76. The Balaban J connectivity index is 1.56. The first-order valence-electron chi connectivity index (χ1n) is 24.3. The summed E-state index contributed by atoms with van der Waals surface area (Å²) in [4.78, 5) is 60.9. The minimum atomic E-state index is -7.77. The molecule has 0 bridgehead atoms. The average molecular weight is 1150 g/mol. The van der Waals surface area contributed by atoms with E-state index in [1.165, 1.54) is 58.0 Å². The number of carbonyl (C=O) groups is 4. The van der Waals surface area contributed by atoms with E-state index < -0.39 is 177 Å². The number of hydrogen-bond donors (Lipinski definition) is 0. The third-order valence-electron chi connectivity index (χ3n) is 14.9. The van der Waals surface area contributed by atoms with Crippen LogP contribution >= 0.6 is 0 Å². The van der Waals surface area contributed by atoms with Crippen LogP contribution in [0.3, 0.4) is 0 Å². The van der Waals surface area contributed by atoms with Gasteiger partial charge in [0.15, 0.2) is 0 Å². The van der Waals surface area contributed by atoms with Crippen LogP contribution < -0.4 is 9.80 Å². The van der Waals surface area contributed by atoms with Crippen molar-refractivity contribution in [2.24, 2.45) is 0 Å². The topological polar surface area (TPSA) is 74.8 Å². The molecule has 6 nitrogen and oxygen atoms in total. The maximum atomic E-state index is 17.3. The Morgan fingerprint density at radius 3 is 0.875 bits per heavy atom. The zero-order chi connectivity index (χ0) is 59.8. The highest BCUT2D eigenvalue weighted by molar-refractivity contribution is 6.46. The lowest BCUT2D eigenvalue weighted by molar-refractivity contribution is -0.399. The molecule has 0 saturated carbocycles. The number of para-hydroxylation sites is 2. The number of halogens is 18. The van der Waals surface area contributed by atoms with Gasteiger partial charge in [-0.3, -0.25) is 19.2 Å². The molecule has 0 aliphatic carbocycles. The zero-order valence-electron chi connectivity index (χ0n) is 42.6. The van der Waals surface area contributed by atoms with Crippen LogP contribution in [0.15, 0.2) is 72.8 Å². The van der Waals surface area contributed by atoms with Crippen LogP contribution in [-0.4, -0.2) is 59.7 Å². The van der Waals surface area contributed by atoms with E-state index in [9.17, 15) is 35.9 Å². The van der Waals surface area contributed by atoms with Crippen molar-refractivity contribution in [1.82, 2.24) is 0 Å². The lowest BCUT2D eigenvalue weighted by Gasteiger charge is -2.38. The van der Waals surface area contributed by atoms with Crippen molar-refractivity contribution in [2.75, 3.05) is 9.80 Å². The maximum absolute atomic E-state index is 17.3. The molecule has 7 aromatic carbocycles. The molecule has 24 heteroatoms. The molecular formula is C56H40F18N2O4. The highest BCUT2D eigenvalue weighted by Crippen LogP contribution is 2.63. The Morgan fingerprint density at radius 2 is 0.600 bits per heavy atom. The maximum Gasteiger partial charge on any atom is 0.460 e. The van der Waals surface area contributed by atoms with Gasteiger partial charge in [-0.1, -0.05) is 104 Å². The molecule has 0 fully saturated rings. The van der Waals surface area contributed by atoms with E-state index in [1.54, 1.807) is 33.8 Å². The van der Waals surface area contributed by atoms with Gasteiger partial charge in [-0.25, -0.2) is 9.80 Å². The van der Waals surface area contributed by atoms with Crippen molar-refractivity contribution in [1.29, 1.82) is 0 Å². The summed E-state index contributed by atoms with van der Waals surface area (Å²) in [5, 5.41) is -11.4. The van der Waals surface area contributed by atoms with Gasteiger partial charge in [0.1, 0.15) is 0 Å². The number of hydrogen-bond acceptors (Lipinski definition) is 4. The summed E-state index contributed by atoms with van der Waals surface area (Å²) in [6.07, 6.45) is -15.1. The molecule has 0 atom stereocenters. The molecule has 7 aromatic rings. The quantitative estimate of drug-likeness (QED) is 0.0529. The summed E-state index contributed by atoms with van der Waals surface area (Å²) in [5.74, 6) is -54.1. The van der Waals surface area contributed by atoms with Gasteiger partial charge in [0.05, 0.1) is 11.4 Å². The number of amides is 4. The second-order valence-electron chi connectivity index (χ2n) is 21.0. The highest BCUT2D eigenvalue weighted by atomic mass is 19.4. The molecule has 0 spiro atoms. The summed E-state index contributed by atoms with van der Waals surface area (Å²) in [6, 6.07) is 10.3. The third-order valence-corrected chi connectivity index (χ3v) is 14.9. The van der Waals surface area contributed by atoms with Crippen LogP contribution in [0.25, 0.3) is 43.1 Å². The largest absolute Gasteiger partial charge is 0.460 e. The van der Waals surface area contributed by atoms with Gasteiger partial charge in [-0.15, -0.1) is 0 Å². The number of benzene rings is 7. The monoisotopic (exact) mass is 1150 g/mol. The number of nitrogens with zero attached hydrogens (tertiary/aromatic N) is 2. The predicted molar refractivity (Wildman–Crippen MR) is 259 cm³/mol. The van der Waals surface area contributed by atoms with Crippen molar-refractivity contribution in [3.63, 3.8) is 0 Å². The Hall–Kier alpha value is -7.14. The van der Waals surface area contributed by atoms with Gasteiger partial charge in [0.2, 0.25) is 0 Å². The van der Waals surface area contributed by atoms with Crippen LogP contribution in [0.4, 0.5) is 90.4 Å². The summed E-state index contributed by atoms with van der Waals surface area (Å²) in [7, 11) is 0. The second-order valence-corrected chi connectivity index (χ2v) is 21.0. The normalized spacial score (nSPS) is 15.6. The number of imide groups is 2. The molecule has 80 heavy (non-hydrogen) atoms. The van der Waals surface area contributed by atoms with Gasteiger partial charge in [-0.05, 0) is 91.7 Å². The molecule has 0 radical (unpaired) electrons. The molecule has 9 rings (SSSR count). The average Bonchev–Trinajstić information content (AvgIpc) is 3.56. The molecule has 0 N–H and O–H groups in total. The first-order chi connectivity index (χ1) is 36.6. The summed E-state index contributed by atoms with van der Waals surface area (Å²) >= 11 is 0. The van der Waals surface area contributed by atoms with Crippen LogP contribution in [0.5, 0.6) is 0 Å². The van der Waals surface area contributed by atoms with Crippen molar-refractivity contribution in [3.8, 4) is 0 Å². The van der Waals surface area contributed by atoms with Crippen molar-refractivity contribution >= 4 is 78.1 Å². The van der Waals surface area contributed by atoms with Gasteiger partial charge < -0.3 is 0 Å². The third kappa shape index (κ3) is 7.35. The van der Waals surface area contributed by atoms with E-state index in [0.717, 1.165) is 0 Å². The van der Waals surface area contributed by atoms with Crippen LogP contribution in [0.1, 0.15) is 154 Å². The smallest absolute Gasteiger partial charge is 0.268 e. The fourth-order valence-corrected chi connectivity index (χ4v) is 11.0. The summed E-state index contributed by atoms with van der Waals surface area (Å²) < 4.78 is 278. The minimum absolute atomic E-state index is 0.0133. The molecular weight excluding hydrogens is 1110 g/mol. The molecule has 0 unspecified atom stereocenters. The second kappa shape index (κ2) is 17.7. The van der Waals surface area contributed by atoms with E-state index in [4.69, 9.17) is 0 Å². The fourth-order valence-electron chi connectivity index (χ4n) is 11.0. The number of fused-ring (bicyclic) bond motifs is 2. The Labute approximate surface area is 440 Å². The van der Waals surface area contributed by atoms with E-state index in [1.807, 2.05) is 0 Å². The lowest BCUT2D eigenvalue weighted by Crippen LogP contribution is -2.59. The summed E-state index contributed by atoms with van der Waals surface area (Å²) in [6.45, 7) is 12.5. The first kappa shape index (κ1) is 57.5. The van der Waals surface area contributed by atoms with Gasteiger partial charge in [-0.2, -0.15) is 79.0 Å². The SMILES string of the molecule is CC(C)c1cccc(C(C)C)c1N1C(=O)c2ccc3c4c(C(F)(F)C(F)(F)C(F)(F)C(F)(F)F)cc5c6c(cc(C(F)(F)C(F)(F)C(F)(F)C(F)(F)F)c(c7ccc(c2c37)C1=O)c64)C(=O)N(c1c(C(C)C)cccc1C(C)C)C5=O. The van der Waals surface area contributed by atoms with Gasteiger partial charge >= 0.3 is 47.9 Å². The van der Waals surface area contributed by atoms with Crippen LogP contribution in [0.2, 0.25) is 0 Å². The Morgan fingerprint density at radius 1 is 0.325 bits per heavy atom. The molecule has 424 valence electrons. The van der Waals surface area contributed by atoms with Crippen molar-refractivity contribution in [3.05, 3.63) is 128 Å². The molecule has 2 aliphatic heterocycles. The van der Waals surface area contributed by atoms with E-state index in [2.05, 4.69) is 0 Å². The standard InChI is InChI=1S/C56H40F18N2O4/c1-21(2)25-11-9-12-26(22(3)4)43(25)75-45(77)31-17-15-29-37-30(16-18-32(38(31)37)46(75)78)41-36(50(59,60)52(63,64)54(67,68)56(72,73)74)20-34-39-33(47(79)76(48(34)80)44-27(23(5)6)13-10-14-28(44)24(7)8)19-35(40(29)42(39)41)49(57,58)51(61,62)53(65,66)55(69,70)71/h9-24H,1-8H3. The van der Waals surface area contributed by atoms with Crippen molar-refractivity contribution in [2.45, 2.75) is 127 Å². The number of anilines is 2. The molecule has 0 saturated heterocycles. The van der Waals surface area contributed by atoms with Crippen molar-refractivity contribution < 1.29 is 98.2 Å². The number of rotatable bonds is 12. The Bertz CT molecular complexity index is 3610. The van der Waals surface area contributed by atoms with Gasteiger partial charge in [0.25, 0.3) is 23.6 Å². The molecule has 0 aromatic heterocycles. The number of carbonyl (C=O) groups excluding carboxylic acids is 4. The van der Waals surface area contributed by atoms with Crippen LogP contribution in [0, 0.1) is 0 Å². The van der Waals surface area contributed by atoms with Gasteiger partial charge in [0, 0.05) is 54.9 Å². The predicted octanol–water partition coefficient (Wildman–Crippen LogP) is 17.7. The molecule has 2 aliphatic rings. The molecule has 2 heterocycles. The summed E-state index contributed by atoms with van der Waals surface area (Å²) in [5.41, 5.74) is -10.1. The number of alkyl halides is 18. The minimum Gasteiger partial charge on any atom is -0.268 e. The van der Waals surface area contributed by atoms with E-state index in [0.29, 0.717) is 40.3 Å². The highest BCUT2D eigenvalue weighted by Gasteiger charge is 2.83. The van der Waals surface area contributed by atoms with Crippen LogP contribution in [-0.2, 0) is 11.8 Å². The first-order valence-corrected chi connectivity index (χ1v) is 24.3. The van der Waals surface area contributed by atoms with E-state index >= 15 is 62.3 Å². The molecule has 4 amide bonds. The zero-order valence-corrected chi connectivity index (χ0v) is 42.6. The Kier molecular flexibility index (Phi) is 12.7. The van der Waals surface area contributed by atoms with E-state index in [-0.39, 0.29) is 33.8 Å². The fraction of sp³-hybridized carbons (Fsp3) is 0.357.